The number of methoxy groups -OCH3 is 1. The molecule has 0 spiro atoms. The van der Waals surface area contributed by atoms with Crippen LogP contribution < -0.4 is 5.73 Å². The molecule has 0 unspecified atom stereocenters. The minimum atomic E-state index is -0.303. The molecule has 0 saturated heterocycles. The highest BCUT2D eigenvalue weighted by atomic mass is 32.1. The summed E-state index contributed by atoms with van der Waals surface area (Å²) >= 11 is 1.64. The summed E-state index contributed by atoms with van der Waals surface area (Å²) in [5, 5.41) is 3.09. The Labute approximate surface area is 94.7 Å². The van der Waals surface area contributed by atoms with Crippen molar-refractivity contribution in [2.24, 2.45) is 5.73 Å². The average Bonchev–Trinajstić information content (AvgIpc) is 2.63. The lowest BCUT2D eigenvalue weighted by Gasteiger charge is -2.36. The van der Waals surface area contributed by atoms with E-state index in [1.807, 2.05) is 13.8 Å². The zero-order valence-electron chi connectivity index (χ0n) is 9.54. The summed E-state index contributed by atoms with van der Waals surface area (Å²) in [5.41, 5.74) is 6.81. The number of hydrogen-bond donors (Lipinski definition) is 1. The molecule has 1 heterocycles. The van der Waals surface area contributed by atoms with Gasteiger partial charge < -0.3 is 10.5 Å². The predicted octanol–water partition coefficient (Wildman–Crippen LogP) is 2.36. The molecule has 4 heteroatoms. The standard InChI is InChI=1S/C11H18N2OS/c1-10(2,14-3)9-13-8(7-15-9)11(12)5-4-6-11/h7H,4-6,12H2,1-3H3. The number of thiazole rings is 1. The highest BCUT2D eigenvalue weighted by Crippen LogP contribution is 2.40. The first-order chi connectivity index (χ1) is 6.98. The van der Waals surface area contributed by atoms with E-state index in [0.29, 0.717) is 0 Å². The molecule has 1 aromatic rings. The largest absolute Gasteiger partial charge is 0.372 e. The predicted molar refractivity (Wildman–Crippen MR) is 61.9 cm³/mol. The molecule has 0 atom stereocenters. The summed E-state index contributed by atoms with van der Waals surface area (Å²) in [6, 6.07) is 0. The van der Waals surface area contributed by atoms with Crippen molar-refractivity contribution in [3.05, 3.63) is 16.1 Å². The maximum absolute atomic E-state index is 6.23. The summed E-state index contributed by atoms with van der Waals surface area (Å²) < 4.78 is 5.41. The van der Waals surface area contributed by atoms with Gasteiger partial charge >= 0.3 is 0 Å². The lowest BCUT2D eigenvalue weighted by molar-refractivity contribution is 0.0186. The molecular formula is C11H18N2OS. The van der Waals surface area contributed by atoms with Crippen LogP contribution in [0.3, 0.4) is 0 Å². The smallest absolute Gasteiger partial charge is 0.124 e. The van der Waals surface area contributed by atoms with E-state index in [1.54, 1.807) is 18.4 Å². The van der Waals surface area contributed by atoms with Gasteiger partial charge in [0.25, 0.3) is 0 Å². The van der Waals surface area contributed by atoms with E-state index in [2.05, 4.69) is 10.4 Å². The lowest BCUT2D eigenvalue weighted by Crippen LogP contribution is -2.43. The molecule has 15 heavy (non-hydrogen) atoms. The second kappa shape index (κ2) is 3.54. The minimum Gasteiger partial charge on any atom is -0.372 e. The molecule has 0 bridgehead atoms. The van der Waals surface area contributed by atoms with E-state index in [0.717, 1.165) is 23.5 Å². The molecule has 1 aromatic heterocycles. The maximum atomic E-state index is 6.23. The maximum Gasteiger partial charge on any atom is 0.124 e. The molecule has 0 aliphatic heterocycles. The van der Waals surface area contributed by atoms with Crippen LogP contribution in [0.5, 0.6) is 0 Å². The summed E-state index contributed by atoms with van der Waals surface area (Å²) in [5.74, 6) is 0. The van der Waals surface area contributed by atoms with Gasteiger partial charge in [0.2, 0.25) is 0 Å². The van der Waals surface area contributed by atoms with Crippen molar-refractivity contribution >= 4 is 11.3 Å². The van der Waals surface area contributed by atoms with Crippen LogP contribution in [0.4, 0.5) is 0 Å². The van der Waals surface area contributed by atoms with Crippen molar-refractivity contribution in [3.8, 4) is 0 Å². The lowest BCUT2D eigenvalue weighted by atomic mass is 9.76. The van der Waals surface area contributed by atoms with Gasteiger partial charge in [-0.25, -0.2) is 4.98 Å². The van der Waals surface area contributed by atoms with Crippen LogP contribution in [0, 0.1) is 0 Å². The molecule has 1 aliphatic carbocycles. The third kappa shape index (κ3) is 1.82. The molecular weight excluding hydrogens is 208 g/mol. The number of aromatic nitrogens is 1. The molecule has 0 amide bonds. The Bertz CT molecular complexity index is 329. The fourth-order valence-electron chi connectivity index (χ4n) is 1.68. The summed E-state index contributed by atoms with van der Waals surface area (Å²) in [4.78, 5) is 4.62. The molecule has 0 radical (unpaired) electrons. The van der Waals surface area contributed by atoms with Gasteiger partial charge in [0.05, 0.1) is 11.2 Å². The molecule has 0 aromatic carbocycles. The number of hydrogen-bond acceptors (Lipinski definition) is 4. The molecule has 1 aliphatic rings. The zero-order valence-corrected chi connectivity index (χ0v) is 10.4. The van der Waals surface area contributed by atoms with E-state index in [4.69, 9.17) is 10.5 Å². The fraction of sp³-hybridized carbons (Fsp3) is 0.727. The zero-order chi connectivity index (χ0) is 11.1. The van der Waals surface area contributed by atoms with Gasteiger partial charge in [0.15, 0.2) is 0 Å². The van der Waals surface area contributed by atoms with Crippen LogP contribution in [-0.2, 0) is 15.9 Å². The topological polar surface area (TPSA) is 48.1 Å². The Hall–Kier alpha value is -0.450. The Kier molecular flexibility index (Phi) is 2.61. The Morgan fingerprint density at radius 2 is 2.20 bits per heavy atom. The van der Waals surface area contributed by atoms with Gasteiger partial charge in [-0.1, -0.05) is 0 Å². The van der Waals surface area contributed by atoms with Crippen LogP contribution in [0.1, 0.15) is 43.8 Å². The molecule has 1 fully saturated rings. The van der Waals surface area contributed by atoms with E-state index in [9.17, 15) is 0 Å². The van der Waals surface area contributed by atoms with E-state index >= 15 is 0 Å². The van der Waals surface area contributed by atoms with Crippen molar-refractivity contribution in [1.29, 1.82) is 0 Å². The van der Waals surface area contributed by atoms with Crippen molar-refractivity contribution in [3.63, 3.8) is 0 Å². The average molecular weight is 226 g/mol. The van der Waals surface area contributed by atoms with Crippen LogP contribution >= 0.6 is 11.3 Å². The van der Waals surface area contributed by atoms with Crippen LogP contribution in [0.15, 0.2) is 5.38 Å². The summed E-state index contributed by atoms with van der Waals surface area (Å²) in [6.07, 6.45) is 3.34. The number of nitrogens with zero attached hydrogens (tertiary/aromatic N) is 1. The Morgan fingerprint density at radius 3 is 2.67 bits per heavy atom. The number of nitrogens with two attached hydrogens (primary N) is 1. The number of rotatable bonds is 3. The Morgan fingerprint density at radius 1 is 1.53 bits per heavy atom. The number of ether oxygens (including phenoxy) is 1. The summed E-state index contributed by atoms with van der Waals surface area (Å²) in [7, 11) is 1.71. The van der Waals surface area contributed by atoms with Crippen molar-refractivity contribution in [2.45, 2.75) is 44.2 Å². The SMILES string of the molecule is COC(C)(C)c1nc(C2(N)CCC2)cs1. The fourth-order valence-corrected chi connectivity index (χ4v) is 2.71. The molecule has 2 N–H and O–H groups in total. The molecule has 3 nitrogen and oxygen atoms in total. The minimum absolute atomic E-state index is 0.154. The Balaban J connectivity index is 2.24. The first kappa shape index (κ1) is 11.0. The van der Waals surface area contributed by atoms with E-state index < -0.39 is 0 Å². The highest BCUT2D eigenvalue weighted by Gasteiger charge is 2.37. The molecule has 1 saturated carbocycles. The van der Waals surface area contributed by atoms with Gasteiger partial charge in [0.1, 0.15) is 10.6 Å². The third-order valence-electron chi connectivity index (χ3n) is 3.29. The van der Waals surface area contributed by atoms with E-state index in [-0.39, 0.29) is 11.1 Å². The second-order valence-corrected chi connectivity index (χ2v) is 5.62. The quantitative estimate of drug-likeness (QED) is 0.860. The monoisotopic (exact) mass is 226 g/mol. The van der Waals surface area contributed by atoms with Gasteiger partial charge in [-0.05, 0) is 33.1 Å². The van der Waals surface area contributed by atoms with Gasteiger partial charge in [-0.15, -0.1) is 11.3 Å². The van der Waals surface area contributed by atoms with Crippen LogP contribution in [0.2, 0.25) is 0 Å². The second-order valence-electron chi connectivity index (χ2n) is 4.76. The third-order valence-corrected chi connectivity index (χ3v) is 4.43. The first-order valence-electron chi connectivity index (χ1n) is 5.28. The van der Waals surface area contributed by atoms with Gasteiger partial charge in [-0.3, -0.25) is 0 Å². The van der Waals surface area contributed by atoms with Gasteiger partial charge in [0, 0.05) is 12.5 Å². The first-order valence-corrected chi connectivity index (χ1v) is 6.16. The van der Waals surface area contributed by atoms with E-state index in [1.165, 1.54) is 6.42 Å². The van der Waals surface area contributed by atoms with Crippen molar-refractivity contribution < 1.29 is 4.74 Å². The van der Waals surface area contributed by atoms with Crippen molar-refractivity contribution in [1.82, 2.24) is 4.98 Å². The van der Waals surface area contributed by atoms with Crippen LogP contribution in [-0.4, -0.2) is 12.1 Å². The summed E-state index contributed by atoms with van der Waals surface area (Å²) in [6.45, 7) is 4.05. The van der Waals surface area contributed by atoms with Crippen molar-refractivity contribution in [2.75, 3.05) is 7.11 Å². The highest BCUT2D eigenvalue weighted by molar-refractivity contribution is 7.09. The molecule has 2 rings (SSSR count). The normalized spacial score (nSPS) is 20.0. The van der Waals surface area contributed by atoms with Crippen LogP contribution in [0.25, 0.3) is 0 Å². The van der Waals surface area contributed by atoms with Gasteiger partial charge in [-0.2, -0.15) is 0 Å². The molecule has 84 valence electrons.